The minimum absolute atomic E-state index is 0.464. The third-order valence-electron chi connectivity index (χ3n) is 6.75. The monoisotopic (exact) mass is 1120 g/mol. The Labute approximate surface area is 371 Å². The van der Waals surface area contributed by atoms with Crippen molar-refractivity contribution in [3.63, 3.8) is 0 Å². The Morgan fingerprint density at radius 2 is 0.530 bits per heavy atom. The van der Waals surface area contributed by atoms with Gasteiger partial charge in [0.25, 0.3) is 54.8 Å². The van der Waals surface area contributed by atoms with Crippen LogP contribution < -0.4 is 56.4 Å². The van der Waals surface area contributed by atoms with Crippen LogP contribution in [-0.2, 0) is 90.8 Å². The summed E-state index contributed by atoms with van der Waals surface area (Å²) < 4.78 is 189. The second-order valence-electron chi connectivity index (χ2n) is 12.2. The molecule has 0 aliphatic carbocycles. The van der Waals surface area contributed by atoms with Crippen molar-refractivity contribution in [3.8, 4) is 0 Å². The average Bonchev–Trinajstić information content (AvgIpc) is 3.21. The SMILES string of the molecule is O=P([O-])(O)OCC(CNF)COP(=O)([O-])OCCOP(=O)([O-])OCC(CNF)COP(=O)([O-])OCCOP(=O)([O-])OCC(CNF)COP(=O)([O-])OCCOP(=O)([O-])OCC(CO)CNF. The number of hydrogen-bond acceptors (Lipinski definition) is 32. The van der Waals surface area contributed by atoms with Crippen molar-refractivity contribution >= 4 is 54.8 Å². The van der Waals surface area contributed by atoms with Gasteiger partial charge in [0.15, 0.2) is 0 Å². The molecule has 11 atom stereocenters. The van der Waals surface area contributed by atoms with E-state index in [9.17, 15) is 84.1 Å². The van der Waals surface area contributed by atoms with Crippen LogP contribution in [0.5, 0.6) is 0 Å². The Morgan fingerprint density at radius 3 is 0.712 bits per heavy atom. The molecule has 11 unspecified atom stereocenters. The molecule has 0 fully saturated rings. The van der Waals surface area contributed by atoms with Gasteiger partial charge in [0.05, 0.1) is 85.9 Å². The van der Waals surface area contributed by atoms with Gasteiger partial charge in [-0.1, -0.05) is 0 Å². The number of rotatable bonds is 45. The summed E-state index contributed by atoms with van der Waals surface area (Å²) in [4.78, 5) is 91.0. The molecule has 0 amide bonds. The van der Waals surface area contributed by atoms with E-state index >= 15 is 0 Å². The van der Waals surface area contributed by atoms with Gasteiger partial charge in [-0.3, -0.25) is 32.0 Å². The zero-order valence-electron chi connectivity index (χ0n) is 33.6. The van der Waals surface area contributed by atoms with E-state index in [0.717, 1.165) is 16.6 Å². The lowest BCUT2D eigenvalue weighted by Gasteiger charge is -2.29. The van der Waals surface area contributed by atoms with Crippen molar-refractivity contribution < 1.29 is 153 Å². The van der Waals surface area contributed by atoms with Gasteiger partial charge in [0.1, 0.15) is 0 Å². The summed E-state index contributed by atoms with van der Waals surface area (Å²) in [6.07, 6.45) is 0. The topological polar surface area (TPSA) is 489 Å². The van der Waals surface area contributed by atoms with Crippen LogP contribution in [0.25, 0.3) is 0 Å². The van der Waals surface area contributed by atoms with Crippen LogP contribution in [0.3, 0.4) is 0 Å². The molecule has 0 radical (unpaired) electrons. The number of nitrogens with one attached hydrogen (secondary N) is 4. The fourth-order valence-corrected chi connectivity index (χ4v) is 8.60. The molecule has 44 heteroatoms. The van der Waals surface area contributed by atoms with Crippen LogP contribution >= 0.6 is 54.8 Å². The third kappa shape index (κ3) is 37.1. The zero-order chi connectivity index (χ0) is 50.6. The summed E-state index contributed by atoms with van der Waals surface area (Å²) >= 11 is 0. The van der Waals surface area contributed by atoms with E-state index in [1.54, 1.807) is 0 Å². The van der Waals surface area contributed by atoms with E-state index in [1.165, 1.54) is 5.54 Å². The lowest BCUT2D eigenvalue weighted by atomic mass is 10.2. The van der Waals surface area contributed by atoms with Gasteiger partial charge in [-0.25, -0.2) is 0 Å². The third-order valence-corrected chi connectivity index (χ3v) is 13.0. The molecule has 66 heavy (non-hydrogen) atoms. The molecule has 0 saturated carbocycles. The second-order valence-corrected chi connectivity index (χ2v) is 21.9. The molecular weight excluding hydrogens is 1080 g/mol. The molecule has 0 bridgehead atoms. The molecule has 0 aliphatic heterocycles. The van der Waals surface area contributed by atoms with Crippen molar-refractivity contribution in [1.29, 1.82) is 0 Å². The largest absolute Gasteiger partial charge is 0.756 e. The van der Waals surface area contributed by atoms with Gasteiger partial charge in [0.2, 0.25) is 0 Å². The number of phosphoric ester groups is 7. The molecular formula is C22H46F4N4O29P7-7. The fourth-order valence-electron chi connectivity index (χ4n) is 3.61. The van der Waals surface area contributed by atoms with Gasteiger partial charge >= 0.3 is 0 Å². The predicted octanol–water partition coefficient (Wildman–Crippen LogP) is -4.17. The summed E-state index contributed by atoms with van der Waals surface area (Å²) in [7, 11) is -36.9. The van der Waals surface area contributed by atoms with Crippen molar-refractivity contribution in [2.45, 2.75) is 0 Å². The molecule has 0 aromatic rings. The van der Waals surface area contributed by atoms with E-state index in [4.69, 9.17) is 10.00 Å². The van der Waals surface area contributed by atoms with Crippen LogP contribution in [0.15, 0.2) is 0 Å². The first-order valence-corrected chi connectivity index (χ1v) is 28.0. The van der Waals surface area contributed by atoms with E-state index < -0.39 is 197 Å². The molecule has 0 rings (SSSR count). The summed E-state index contributed by atoms with van der Waals surface area (Å²) in [6, 6.07) is 0. The van der Waals surface area contributed by atoms with Crippen molar-refractivity contribution in [3.05, 3.63) is 0 Å². The Kier molecular flexibility index (Phi) is 34.0. The molecule has 0 heterocycles. The van der Waals surface area contributed by atoms with Crippen LogP contribution in [0, 0.1) is 23.7 Å². The highest BCUT2D eigenvalue weighted by molar-refractivity contribution is 7.47. The lowest BCUT2D eigenvalue weighted by Crippen LogP contribution is -2.28. The smallest absolute Gasteiger partial charge is 0.267 e. The van der Waals surface area contributed by atoms with Crippen molar-refractivity contribution in [1.82, 2.24) is 22.2 Å². The van der Waals surface area contributed by atoms with Gasteiger partial charge in [-0.15, -0.1) is 17.9 Å². The van der Waals surface area contributed by atoms with E-state index in [0.29, 0.717) is 0 Å². The van der Waals surface area contributed by atoms with Gasteiger partial charge in [-0.05, 0) is 0 Å². The highest BCUT2D eigenvalue weighted by atomic mass is 31.2. The lowest BCUT2D eigenvalue weighted by molar-refractivity contribution is -0.237. The summed E-state index contributed by atoms with van der Waals surface area (Å²) in [5, 5.41) is 8.99. The van der Waals surface area contributed by atoms with Crippen molar-refractivity contribution in [2.75, 3.05) is 119 Å². The first kappa shape index (κ1) is 66.3. The number of phosphoric acid groups is 7. The highest BCUT2D eigenvalue weighted by Crippen LogP contribution is 2.45. The maximum absolute atomic E-state index is 12.8. The van der Waals surface area contributed by atoms with Crippen molar-refractivity contribution in [2.24, 2.45) is 23.7 Å². The molecule has 0 aromatic carbocycles. The normalized spacial score (nSPS) is 20.6. The number of aliphatic hydroxyl groups is 1. The zero-order valence-corrected chi connectivity index (χ0v) is 39.9. The number of aliphatic hydroxyl groups excluding tert-OH is 1. The van der Waals surface area contributed by atoms with E-state index in [2.05, 4.69) is 58.8 Å². The second kappa shape index (κ2) is 33.8. The van der Waals surface area contributed by atoms with Crippen LogP contribution in [0.4, 0.5) is 17.9 Å². The number of halogens is 4. The maximum Gasteiger partial charge on any atom is 0.267 e. The maximum atomic E-state index is 12.8. The van der Waals surface area contributed by atoms with Gasteiger partial charge in [-0.2, -0.15) is 22.2 Å². The quantitative estimate of drug-likeness (QED) is 0.0146. The summed E-state index contributed by atoms with van der Waals surface area (Å²) in [5.74, 6) is -5.13. The first-order valence-electron chi connectivity index (χ1n) is 17.8. The van der Waals surface area contributed by atoms with Gasteiger partial charge in [0, 0.05) is 56.5 Å². The Bertz CT molecular complexity index is 1680. The molecule has 33 nitrogen and oxygen atoms in total. The van der Waals surface area contributed by atoms with E-state index in [-0.39, 0.29) is 0 Å². The van der Waals surface area contributed by atoms with Crippen LogP contribution in [0.2, 0.25) is 0 Å². The summed E-state index contributed by atoms with van der Waals surface area (Å²) in [6.45, 7) is -16.2. The summed E-state index contributed by atoms with van der Waals surface area (Å²) in [5.41, 5.74) is 4.45. The molecule has 0 spiro atoms. The van der Waals surface area contributed by atoms with E-state index in [1.807, 2.05) is 0 Å². The Hall–Kier alpha value is 0.290. The minimum Gasteiger partial charge on any atom is -0.756 e. The average molecular weight is 1120 g/mol. The molecule has 6 N–H and O–H groups in total. The fraction of sp³-hybridized carbons (Fsp3) is 1.00. The molecule has 0 aromatic heterocycles. The minimum atomic E-state index is -5.37. The van der Waals surface area contributed by atoms with Crippen LogP contribution in [0.1, 0.15) is 0 Å². The number of hydrogen-bond donors (Lipinski definition) is 6. The molecule has 0 saturated heterocycles. The Balaban J connectivity index is 4.71. The van der Waals surface area contributed by atoms with Gasteiger partial charge < -0.3 is 103 Å². The molecule has 398 valence electrons. The Morgan fingerprint density at radius 1 is 0.348 bits per heavy atom. The van der Waals surface area contributed by atoms with Crippen LogP contribution in [-0.4, -0.2) is 129 Å². The predicted molar refractivity (Wildman–Crippen MR) is 190 cm³/mol. The highest BCUT2D eigenvalue weighted by Gasteiger charge is 2.23. The standard InChI is InChI=1S/C22H53F4N4O29P7/c23-27-7-19(11-31)12-54-61(35,36)47-1-2-49-63(39,40)56-15-21(9-29-25)16-58-65(43,44)51-5-6-52-66(45,46)59-18-22(10-30-26)17-57-64(41,42)50-4-3-48-62(37,38)55-14-20(8-28-24)13-53-60(32,33)34/h19-22,27-31H,1-18H2,(H,35,36)(H,37,38)(H,39,40)(H,41,42)(H,43,44)(H,45,46)(H2,32,33,34)/p-7. The molecule has 0 aliphatic rings. The first-order chi connectivity index (χ1) is 30.5.